The molecule has 6 nitrogen and oxygen atoms in total. The van der Waals surface area contributed by atoms with E-state index in [1.807, 2.05) is 47.0 Å². The van der Waals surface area contributed by atoms with Crippen molar-refractivity contribution in [3.8, 4) is 17.1 Å². The first-order valence-electron chi connectivity index (χ1n) is 17.2. The van der Waals surface area contributed by atoms with Crippen molar-refractivity contribution in [2.45, 2.75) is 124 Å². The Hall–Kier alpha value is -2.93. The maximum absolute atomic E-state index is 5.92. The quantitative estimate of drug-likeness (QED) is 0.0981. The van der Waals surface area contributed by atoms with E-state index in [0.29, 0.717) is 12.4 Å². The number of benzene rings is 1. The van der Waals surface area contributed by atoms with Gasteiger partial charge in [-0.25, -0.2) is 0 Å². The lowest BCUT2D eigenvalue weighted by Gasteiger charge is -2.23. The Bertz CT molecular complexity index is 1450. The van der Waals surface area contributed by atoms with E-state index in [-0.39, 0.29) is 5.41 Å². The van der Waals surface area contributed by atoms with Crippen LogP contribution in [0, 0.1) is 0 Å². The average molecular weight is 618 g/mol. The molecule has 0 saturated carbocycles. The summed E-state index contributed by atoms with van der Waals surface area (Å²) in [6.07, 6.45) is 18.2. The smallest absolute Gasteiger partial charge is 0.189 e. The van der Waals surface area contributed by atoms with Gasteiger partial charge in [-0.3, -0.25) is 0 Å². The highest BCUT2D eigenvalue weighted by atomic mass is 32.1. The molecule has 3 heterocycles. The molecule has 0 unspecified atom stereocenters. The summed E-state index contributed by atoms with van der Waals surface area (Å²) in [5.74, 6) is 1.51. The van der Waals surface area contributed by atoms with Crippen LogP contribution in [0.4, 0.5) is 5.00 Å². The second-order valence-electron chi connectivity index (χ2n) is 13.0. The van der Waals surface area contributed by atoms with Gasteiger partial charge in [0.25, 0.3) is 0 Å². The van der Waals surface area contributed by atoms with E-state index in [0.717, 1.165) is 41.0 Å². The Labute approximate surface area is 269 Å². The zero-order chi connectivity index (χ0) is 31.4. The predicted octanol–water partition coefficient (Wildman–Crippen LogP) is 9.62. The van der Waals surface area contributed by atoms with Gasteiger partial charge in [-0.2, -0.15) is 9.61 Å². The first-order valence-corrected chi connectivity index (χ1v) is 18.0. The lowest BCUT2D eigenvalue weighted by Crippen LogP contribution is -2.24. The van der Waals surface area contributed by atoms with Gasteiger partial charge in [0.05, 0.1) is 22.9 Å². The molecule has 0 fully saturated rings. The molecule has 0 aliphatic rings. The summed E-state index contributed by atoms with van der Waals surface area (Å²) in [6, 6.07) is 12.6. The maximum Gasteiger partial charge on any atom is 0.189 e. The zero-order valence-corrected chi connectivity index (χ0v) is 29.0. The fourth-order valence-electron chi connectivity index (χ4n) is 5.82. The standard InChI is InChI=1S/C37H55N5OS/c1-7-10-12-14-16-20-26-41(27-21-17-15-13-11-8-2)33-25-24-29(44-33)28-31-34(37(4,5)6)40-42-35(38-39-36(31)42)30-22-18-19-23-32(30)43-9-3/h18-19,22-25,28H,7-17,20-21,26-27H2,1-6H3/b31-28-. The summed E-state index contributed by atoms with van der Waals surface area (Å²) < 4.78 is 7.82. The summed E-state index contributed by atoms with van der Waals surface area (Å²) in [6.45, 7) is 16.1. The molecule has 4 aromatic rings. The molecule has 7 heteroatoms. The summed E-state index contributed by atoms with van der Waals surface area (Å²) in [7, 11) is 0. The van der Waals surface area contributed by atoms with E-state index in [9.17, 15) is 0 Å². The first kappa shape index (κ1) is 34.0. The van der Waals surface area contributed by atoms with E-state index in [1.165, 1.54) is 86.9 Å². The predicted molar refractivity (Wildman–Crippen MR) is 188 cm³/mol. The number of ether oxygens (including phenoxy) is 1. The molecule has 0 radical (unpaired) electrons. The molecule has 0 atom stereocenters. The van der Waals surface area contributed by atoms with Crippen LogP contribution in [0.25, 0.3) is 23.1 Å². The van der Waals surface area contributed by atoms with Crippen molar-refractivity contribution in [2.24, 2.45) is 0 Å². The number of aromatic nitrogens is 4. The van der Waals surface area contributed by atoms with Crippen molar-refractivity contribution in [3.05, 3.63) is 52.2 Å². The number of rotatable bonds is 19. The molecule has 3 aromatic heterocycles. The molecule has 0 saturated heterocycles. The number of anilines is 1. The molecule has 0 spiro atoms. The SMILES string of the molecule is CCCCCCCCN(CCCCCCCC)c1ccc(/C=c2/c(C(C)(C)C)nn3c(-c4ccccc4OCC)nnc23)s1. The second kappa shape index (κ2) is 17.0. The van der Waals surface area contributed by atoms with Crippen LogP contribution in [0.2, 0.25) is 0 Å². The first-order chi connectivity index (χ1) is 21.4. The highest BCUT2D eigenvalue weighted by molar-refractivity contribution is 7.16. The summed E-state index contributed by atoms with van der Waals surface area (Å²) in [5, 5.41) is 16.8. The highest BCUT2D eigenvalue weighted by Gasteiger charge is 2.25. The van der Waals surface area contributed by atoms with Crippen molar-refractivity contribution in [3.63, 3.8) is 0 Å². The summed E-state index contributed by atoms with van der Waals surface area (Å²) in [4.78, 5) is 3.88. The Balaban J connectivity index is 1.61. The minimum atomic E-state index is -0.148. The van der Waals surface area contributed by atoms with Crippen LogP contribution in [0.3, 0.4) is 0 Å². The van der Waals surface area contributed by atoms with E-state index in [2.05, 4.69) is 67.9 Å². The van der Waals surface area contributed by atoms with Crippen molar-refractivity contribution in [1.82, 2.24) is 19.8 Å². The number of hydrogen-bond donors (Lipinski definition) is 0. The van der Waals surface area contributed by atoms with Gasteiger partial charge >= 0.3 is 0 Å². The fourth-order valence-corrected chi connectivity index (χ4v) is 6.82. The third-order valence-corrected chi connectivity index (χ3v) is 9.34. The van der Waals surface area contributed by atoms with Crippen molar-refractivity contribution in [1.29, 1.82) is 0 Å². The van der Waals surface area contributed by atoms with Crippen LogP contribution >= 0.6 is 11.3 Å². The van der Waals surface area contributed by atoms with Gasteiger partial charge in [-0.15, -0.1) is 21.5 Å². The number of unbranched alkanes of at least 4 members (excludes halogenated alkanes) is 10. The molecule has 1 aromatic carbocycles. The maximum atomic E-state index is 5.92. The van der Waals surface area contributed by atoms with Crippen LogP contribution in [0.5, 0.6) is 5.75 Å². The summed E-state index contributed by atoms with van der Waals surface area (Å²) >= 11 is 1.89. The number of para-hydroxylation sites is 1. The molecule has 0 amide bonds. The summed E-state index contributed by atoms with van der Waals surface area (Å²) in [5.41, 5.74) is 2.58. The molecule has 0 aliphatic carbocycles. The molecule has 0 aliphatic heterocycles. The molecular formula is C37H55N5OS. The largest absolute Gasteiger partial charge is 0.493 e. The van der Waals surface area contributed by atoms with Gasteiger partial charge in [0, 0.05) is 28.6 Å². The zero-order valence-electron chi connectivity index (χ0n) is 28.2. The monoisotopic (exact) mass is 617 g/mol. The molecule has 4 rings (SSSR count). The van der Waals surface area contributed by atoms with Crippen LogP contribution in [0.1, 0.15) is 129 Å². The number of hydrogen-bond acceptors (Lipinski definition) is 6. The van der Waals surface area contributed by atoms with E-state index >= 15 is 0 Å². The third-order valence-electron chi connectivity index (χ3n) is 8.25. The van der Waals surface area contributed by atoms with E-state index < -0.39 is 0 Å². The van der Waals surface area contributed by atoms with Crippen LogP contribution in [-0.4, -0.2) is 39.5 Å². The normalized spacial score (nSPS) is 12.5. The van der Waals surface area contributed by atoms with Gasteiger partial charge in [0.15, 0.2) is 11.5 Å². The lowest BCUT2D eigenvalue weighted by molar-refractivity contribution is 0.341. The Morgan fingerprint density at radius 3 is 2.07 bits per heavy atom. The average Bonchev–Trinajstić information content (AvgIpc) is 3.73. The Kier molecular flexibility index (Phi) is 13.1. The molecule has 0 bridgehead atoms. The Morgan fingerprint density at radius 1 is 0.795 bits per heavy atom. The lowest BCUT2D eigenvalue weighted by atomic mass is 9.91. The van der Waals surface area contributed by atoms with Crippen molar-refractivity contribution >= 4 is 28.1 Å². The van der Waals surface area contributed by atoms with E-state index in [1.54, 1.807) is 0 Å². The van der Waals surface area contributed by atoms with Gasteiger partial charge in [-0.05, 0) is 50.1 Å². The molecule has 0 N–H and O–H groups in total. The van der Waals surface area contributed by atoms with Crippen molar-refractivity contribution < 1.29 is 4.74 Å². The van der Waals surface area contributed by atoms with Crippen LogP contribution < -0.4 is 14.9 Å². The third kappa shape index (κ3) is 9.06. The number of thiophene rings is 1. The Morgan fingerprint density at radius 2 is 1.43 bits per heavy atom. The number of nitrogens with zero attached hydrogens (tertiary/aromatic N) is 5. The minimum Gasteiger partial charge on any atom is -0.493 e. The minimum absolute atomic E-state index is 0.148. The molecular weight excluding hydrogens is 563 g/mol. The van der Waals surface area contributed by atoms with Gasteiger partial charge in [-0.1, -0.05) is 111 Å². The highest BCUT2D eigenvalue weighted by Crippen LogP contribution is 2.31. The number of fused-ring (bicyclic) bond motifs is 1. The topological polar surface area (TPSA) is 55.6 Å². The second-order valence-corrected chi connectivity index (χ2v) is 14.1. The molecule has 240 valence electrons. The van der Waals surface area contributed by atoms with Gasteiger partial charge in [0.1, 0.15) is 5.75 Å². The van der Waals surface area contributed by atoms with Crippen LogP contribution in [-0.2, 0) is 5.41 Å². The van der Waals surface area contributed by atoms with E-state index in [4.69, 9.17) is 9.84 Å². The van der Waals surface area contributed by atoms with Gasteiger partial charge in [0.2, 0.25) is 0 Å². The van der Waals surface area contributed by atoms with Crippen molar-refractivity contribution in [2.75, 3.05) is 24.6 Å². The van der Waals surface area contributed by atoms with Gasteiger partial charge < -0.3 is 9.64 Å². The fraction of sp³-hybridized carbons (Fsp3) is 0.595. The molecule has 44 heavy (non-hydrogen) atoms. The van der Waals surface area contributed by atoms with Crippen LogP contribution in [0.15, 0.2) is 36.4 Å².